The van der Waals surface area contributed by atoms with E-state index in [0.717, 1.165) is 12.8 Å². The normalized spacial score (nSPS) is 11.9. The first-order chi connectivity index (χ1) is 8.99. The van der Waals surface area contributed by atoms with Gasteiger partial charge in [-0.05, 0) is 12.3 Å². The van der Waals surface area contributed by atoms with Crippen LogP contribution in [0.1, 0.15) is 37.0 Å². The SMILES string of the molecule is CCCC(C)COc1cc(C(=O)O)c(N)cc1OC. The van der Waals surface area contributed by atoms with Gasteiger partial charge in [0.2, 0.25) is 0 Å². The fourth-order valence-electron chi connectivity index (χ4n) is 1.84. The van der Waals surface area contributed by atoms with Gasteiger partial charge in [0, 0.05) is 12.1 Å². The van der Waals surface area contributed by atoms with Crippen molar-refractivity contribution in [2.45, 2.75) is 26.7 Å². The molecule has 5 heteroatoms. The molecule has 0 aliphatic heterocycles. The number of methoxy groups -OCH3 is 1. The lowest BCUT2D eigenvalue weighted by molar-refractivity contribution is 0.0697. The number of rotatable bonds is 7. The van der Waals surface area contributed by atoms with Crippen LogP contribution in [0.15, 0.2) is 12.1 Å². The van der Waals surface area contributed by atoms with Crippen LogP contribution in [-0.2, 0) is 0 Å². The Hall–Kier alpha value is -1.91. The maximum atomic E-state index is 11.0. The lowest BCUT2D eigenvalue weighted by atomic mass is 10.1. The third kappa shape index (κ3) is 4.05. The van der Waals surface area contributed by atoms with E-state index in [1.54, 1.807) is 0 Å². The molecule has 0 bridgehead atoms. The molecule has 1 unspecified atom stereocenters. The molecule has 0 radical (unpaired) electrons. The molecule has 0 saturated carbocycles. The van der Waals surface area contributed by atoms with Crippen LogP contribution in [0.5, 0.6) is 11.5 Å². The summed E-state index contributed by atoms with van der Waals surface area (Å²) in [7, 11) is 1.50. The van der Waals surface area contributed by atoms with Crippen molar-refractivity contribution in [2.75, 3.05) is 19.5 Å². The molecule has 1 atom stereocenters. The molecule has 0 saturated heterocycles. The van der Waals surface area contributed by atoms with E-state index in [1.165, 1.54) is 19.2 Å². The Balaban J connectivity index is 2.91. The number of carboxylic acid groups (broad SMARTS) is 1. The third-order valence-corrected chi connectivity index (χ3v) is 2.87. The van der Waals surface area contributed by atoms with Crippen molar-refractivity contribution in [2.24, 2.45) is 5.92 Å². The summed E-state index contributed by atoms with van der Waals surface area (Å²) >= 11 is 0. The van der Waals surface area contributed by atoms with Gasteiger partial charge in [0.15, 0.2) is 11.5 Å². The van der Waals surface area contributed by atoms with E-state index in [2.05, 4.69) is 13.8 Å². The third-order valence-electron chi connectivity index (χ3n) is 2.87. The molecule has 0 aliphatic rings. The monoisotopic (exact) mass is 267 g/mol. The van der Waals surface area contributed by atoms with Crippen molar-refractivity contribution in [3.63, 3.8) is 0 Å². The number of nitrogens with two attached hydrogens (primary N) is 1. The topological polar surface area (TPSA) is 81.8 Å². The van der Waals surface area contributed by atoms with Crippen LogP contribution in [0, 0.1) is 5.92 Å². The van der Waals surface area contributed by atoms with Crippen LogP contribution in [-0.4, -0.2) is 24.8 Å². The van der Waals surface area contributed by atoms with Gasteiger partial charge in [0.1, 0.15) is 0 Å². The molecule has 19 heavy (non-hydrogen) atoms. The van der Waals surface area contributed by atoms with Gasteiger partial charge in [-0.3, -0.25) is 0 Å². The molecule has 0 amide bonds. The summed E-state index contributed by atoms with van der Waals surface area (Å²) in [5.41, 5.74) is 5.85. The molecular formula is C14H21NO4. The number of nitrogen functional groups attached to an aromatic ring is 1. The summed E-state index contributed by atoms with van der Waals surface area (Å²) in [6.45, 7) is 4.72. The maximum Gasteiger partial charge on any atom is 0.337 e. The van der Waals surface area contributed by atoms with Gasteiger partial charge in [-0.15, -0.1) is 0 Å². The Labute approximate surface area is 113 Å². The number of hydrogen-bond acceptors (Lipinski definition) is 4. The van der Waals surface area contributed by atoms with Crippen LogP contribution >= 0.6 is 0 Å². The zero-order chi connectivity index (χ0) is 14.4. The molecule has 0 spiro atoms. The van der Waals surface area contributed by atoms with Crippen LogP contribution in [0.2, 0.25) is 0 Å². The molecule has 1 rings (SSSR count). The Morgan fingerprint density at radius 2 is 2.11 bits per heavy atom. The lowest BCUT2D eigenvalue weighted by Crippen LogP contribution is -2.10. The largest absolute Gasteiger partial charge is 0.493 e. The van der Waals surface area contributed by atoms with E-state index >= 15 is 0 Å². The second kappa shape index (κ2) is 6.87. The van der Waals surface area contributed by atoms with E-state index in [4.69, 9.17) is 20.3 Å². The number of anilines is 1. The second-order valence-electron chi connectivity index (χ2n) is 4.60. The van der Waals surface area contributed by atoms with Crippen molar-refractivity contribution in [3.8, 4) is 11.5 Å². The predicted octanol–water partition coefficient (Wildman–Crippen LogP) is 2.79. The van der Waals surface area contributed by atoms with E-state index in [0.29, 0.717) is 24.0 Å². The molecule has 1 aromatic rings. The summed E-state index contributed by atoms with van der Waals surface area (Å²) in [6.07, 6.45) is 2.15. The van der Waals surface area contributed by atoms with Gasteiger partial charge in [-0.2, -0.15) is 0 Å². The average molecular weight is 267 g/mol. The van der Waals surface area contributed by atoms with Gasteiger partial charge in [0.25, 0.3) is 0 Å². The quantitative estimate of drug-likeness (QED) is 0.742. The van der Waals surface area contributed by atoms with Gasteiger partial charge in [0.05, 0.1) is 25.0 Å². The van der Waals surface area contributed by atoms with Crippen molar-refractivity contribution < 1.29 is 19.4 Å². The fourth-order valence-corrected chi connectivity index (χ4v) is 1.84. The van der Waals surface area contributed by atoms with Crippen LogP contribution in [0.4, 0.5) is 5.69 Å². The van der Waals surface area contributed by atoms with Crippen LogP contribution in [0.3, 0.4) is 0 Å². The highest BCUT2D eigenvalue weighted by atomic mass is 16.5. The summed E-state index contributed by atoms with van der Waals surface area (Å²) in [5, 5.41) is 9.04. The van der Waals surface area contributed by atoms with Crippen molar-refractivity contribution >= 4 is 11.7 Å². The Morgan fingerprint density at radius 3 is 2.63 bits per heavy atom. The first kappa shape index (κ1) is 15.1. The molecule has 1 aromatic carbocycles. The summed E-state index contributed by atoms with van der Waals surface area (Å²) in [5.74, 6) is 0.190. The Morgan fingerprint density at radius 1 is 1.42 bits per heavy atom. The summed E-state index contributed by atoms with van der Waals surface area (Å²) in [4.78, 5) is 11.0. The number of benzene rings is 1. The fraction of sp³-hybridized carbons (Fsp3) is 0.500. The van der Waals surface area contributed by atoms with Crippen LogP contribution in [0.25, 0.3) is 0 Å². The van der Waals surface area contributed by atoms with Gasteiger partial charge in [-0.1, -0.05) is 20.3 Å². The molecule has 0 aromatic heterocycles. The molecule has 5 nitrogen and oxygen atoms in total. The van der Waals surface area contributed by atoms with E-state index < -0.39 is 5.97 Å². The van der Waals surface area contributed by atoms with E-state index in [1.807, 2.05) is 0 Å². The van der Waals surface area contributed by atoms with E-state index in [-0.39, 0.29) is 11.3 Å². The molecule has 106 valence electrons. The highest BCUT2D eigenvalue weighted by Gasteiger charge is 2.15. The smallest absolute Gasteiger partial charge is 0.337 e. The van der Waals surface area contributed by atoms with Gasteiger partial charge in [-0.25, -0.2) is 4.79 Å². The zero-order valence-corrected chi connectivity index (χ0v) is 11.6. The first-order valence-electron chi connectivity index (χ1n) is 6.33. The number of hydrogen-bond donors (Lipinski definition) is 2. The highest BCUT2D eigenvalue weighted by molar-refractivity contribution is 5.94. The standard InChI is InChI=1S/C14H21NO4/c1-4-5-9(2)8-19-13-6-10(14(16)17)11(15)7-12(13)18-3/h6-7,9H,4-5,8,15H2,1-3H3,(H,16,17). The average Bonchev–Trinajstić information content (AvgIpc) is 2.36. The zero-order valence-electron chi connectivity index (χ0n) is 11.6. The minimum Gasteiger partial charge on any atom is -0.493 e. The van der Waals surface area contributed by atoms with Gasteiger partial charge < -0.3 is 20.3 Å². The minimum absolute atomic E-state index is 0.0268. The molecule has 0 aliphatic carbocycles. The molecule has 3 N–H and O–H groups in total. The number of carbonyl (C=O) groups is 1. The predicted molar refractivity (Wildman–Crippen MR) is 73.9 cm³/mol. The molecule has 0 fully saturated rings. The second-order valence-corrected chi connectivity index (χ2v) is 4.60. The van der Waals surface area contributed by atoms with Crippen LogP contribution < -0.4 is 15.2 Å². The number of carboxylic acids is 1. The number of aromatic carboxylic acids is 1. The van der Waals surface area contributed by atoms with E-state index in [9.17, 15) is 4.79 Å². The first-order valence-corrected chi connectivity index (χ1v) is 6.33. The van der Waals surface area contributed by atoms with Gasteiger partial charge >= 0.3 is 5.97 Å². The van der Waals surface area contributed by atoms with Crippen molar-refractivity contribution in [3.05, 3.63) is 17.7 Å². The molecule has 0 heterocycles. The lowest BCUT2D eigenvalue weighted by Gasteiger charge is -2.15. The maximum absolute atomic E-state index is 11.0. The Kier molecular flexibility index (Phi) is 5.48. The Bertz CT molecular complexity index is 445. The number of ether oxygens (including phenoxy) is 2. The van der Waals surface area contributed by atoms with Crippen molar-refractivity contribution in [1.82, 2.24) is 0 Å². The summed E-state index contributed by atoms with van der Waals surface area (Å²) < 4.78 is 10.8. The minimum atomic E-state index is -1.08. The van der Waals surface area contributed by atoms with Crippen molar-refractivity contribution in [1.29, 1.82) is 0 Å². The summed E-state index contributed by atoms with van der Waals surface area (Å²) in [6, 6.07) is 2.89. The molecular weight excluding hydrogens is 246 g/mol. The highest BCUT2D eigenvalue weighted by Crippen LogP contribution is 2.32.